The molecule has 3 heterocycles. The summed E-state index contributed by atoms with van der Waals surface area (Å²) in [5.74, 6) is 1.36. The fourth-order valence-corrected chi connectivity index (χ4v) is 5.97. The van der Waals surface area contributed by atoms with Crippen molar-refractivity contribution in [2.45, 2.75) is 38.1 Å². The summed E-state index contributed by atoms with van der Waals surface area (Å²) in [6.07, 6.45) is 6.31. The van der Waals surface area contributed by atoms with Crippen LogP contribution in [0.1, 0.15) is 33.8 Å². The molecule has 0 radical (unpaired) electrons. The molecule has 0 atom stereocenters. The van der Waals surface area contributed by atoms with E-state index >= 15 is 0 Å². The Bertz CT molecular complexity index is 1310. The zero-order valence-electron chi connectivity index (χ0n) is 17.3. The standard InChI is InChI=1S/C22H22N6O2S2/c29-19(24-8-14-4-1-2-5-15(14)9-28-13-23-12-25-28)11-31-10-18-26-21(30)20-16-6-3-7-17(16)32-22(20)27-18/h1-2,4-5,12-13H,3,6-11H2,(H,24,29)(H,26,27,30). The number of thioether (sulfide) groups is 1. The molecule has 2 N–H and O–H groups in total. The van der Waals surface area contributed by atoms with Gasteiger partial charge in [-0.15, -0.1) is 23.1 Å². The van der Waals surface area contributed by atoms with Crippen molar-refractivity contribution >= 4 is 39.2 Å². The molecule has 5 rings (SSSR count). The lowest BCUT2D eigenvalue weighted by Crippen LogP contribution is -2.25. The van der Waals surface area contributed by atoms with E-state index in [1.165, 1.54) is 28.5 Å². The van der Waals surface area contributed by atoms with E-state index in [-0.39, 0.29) is 11.5 Å². The summed E-state index contributed by atoms with van der Waals surface area (Å²) in [5, 5.41) is 7.88. The first-order chi connectivity index (χ1) is 15.7. The second kappa shape index (κ2) is 9.25. The highest BCUT2D eigenvalue weighted by atomic mass is 32.2. The Labute approximate surface area is 192 Å². The van der Waals surface area contributed by atoms with Crippen molar-refractivity contribution < 1.29 is 4.79 Å². The lowest BCUT2D eigenvalue weighted by atomic mass is 10.1. The molecule has 32 heavy (non-hydrogen) atoms. The van der Waals surface area contributed by atoms with Gasteiger partial charge in [0.2, 0.25) is 5.91 Å². The fourth-order valence-electron chi connectivity index (χ4n) is 3.97. The molecule has 0 aliphatic heterocycles. The van der Waals surface area contributed by atoms with Gasteiger partial charge in [0.05, 0.1) is 23.4 Å². The number of carbonyl (C=O) groups is 1. The molecule has 0 unspecified atom stereocenters. The maximum atomic E-state index is 12.5. The number of nitrogens with one attached hydrogen (secondary N) is 2. The van der Waals surface area contributed by atoms with Crippen LogP contribution in [0.5, 0.6) is 0 Å². The topological polar surface area (TPSA) is 106 Å². The minimum atomic E-state index is -0.0570. The summed E-state index contributed by atoms with van der Waals surface area (Å²) in [6.45, 7) is 1.06. The molecule has 1 aliphatic carbocycles. The molecule has 0 bridgehead atoms. The molecule has 8 nitrogen and oxygen atoms in total. The molecule has 10 heteroatoms. The van der Waals surface area contributed by atoms with Crippen LogP contribution in [0, 0.1) is 0 Å². The number of fused-ring (bicyclic) bond motifs is 3. The average molecular weight is 467 g/mol. The van der Waals surface area contributed by atoms with E-state index < -0.39 is 0 Å². The maximum Gasteiger partial charge on any atom is 0.259 e. The average Bonchev–Trinajstić information content (AvgIpc) is 3.51. The van der Waals surface area contributed by atoms with Crippen molar-refractivity contribution in [2.75, 3.05) is 5.75 Å². The molecule has 4 aromatic rings. The third kappa shape index (κ3) is 4.46. The van der Waals surface area contributed by atoms with E-state index in [0.29, 0.717) is 30.4 Å². The van der Waals surface area contributed by atoms with Gasteiger partial charge in [-0.25, -0.2) is 14.6 Å². The number of carbonyl (C=O) groups excluding carboxylic acids is 1. The van der Waals surface area contributed by atoms with Crippen molar-refractivity contribution in [3.05, 3.63) is 74.7 Å². The molecule has 1 aromatic carbocycles. The Hall–Kier alpha value is -2.98. The summed E-state index contributed by atoms with van der Waals surface area (Å²) in [7, 11) is 0. The van der Waals surface area contributed by atoms with E-state index in [0.717, 1.165) is 40.6 Å². The SMILES string of the molecule is O=C(CSCc1nc2sc3c(c2c(=O)[nH]1)CCC3)NCc1ccccc1Cn1cncn1. The smallest absolute Gasteiger partial charge is 0.259 e. The minimum Gasteiger partial charge on any atom is -0.351 e. The van der Waals surface area contributed by atoms with Crippen LogP contribution < -0.4 is 10.9 Å². The number of benzene rings is 1. The van der Waals surface area contributed by atoms with Gasteiger partial charge in [0.25, 0.3) is 5.56 Å². The third-order valence-corrected chi connectivity index (χ3v) is 7.62. The molecule has 1 aliphatic rings. The predicted octanol–water partition coefficient (Wildman–Crippen LogP) is 2.66. The van der Waals surface area contributed by atoms with Crippen LogP contribution in [0.15, 0.2) is 41.7 Å². The highest BCUT2D eigenvalue weighted by molar-refractivity contribution is 7.99. The Morgan fingerprint density at radius 1 is 1.25 bits per heavy atom. The molecule has 0 fully saturated rings. The van der Waals surface area contributed by atoms with Crippen LogP contribution in [0.3, 0.4) is 0 Å². The zero-order chi connectivity index (χ0) is 21.9. The number of aromatic nitrogens is 5. The maximum absolute atomic E-state index is 12.5. The first kappa shape index (κ1) is 20.9. The van der Waals surface area contributed by atoms with Gasteiger partial charge in [0.15, 0.2) is 0 Å². The van der Waals surface area contributed by atoms with Crippen LogP contribution in [0.2, 0.25) is 0 Å². The number of rotatable bonds is 8. The van der Waals surface area contributed by atoms with E-state index in [4.69, 9.17) is 0 Å². The van der Waals surface area contributed by atoms with Crippen LogP contribution in [0.4, 0.5) is 0 Å². The summed E-state index contributed by atoms with van der Waals surface area (Å²) in [5.41, 5.74) is 3.26. The fraction of sp³-hybridized carbons (Fsp3) is 0.318. The number of H-pyrrole nitrogens is 1. The van der Waals surface area contributed by atoms with Gasteiger partial charge in [0.1, 0.15) is 23.3 Å². The summed E-state index contributed by atoms with van der Waals surface area (Å²) < 4.78 is 1.75. The Balaban J connectivity index is 1.15. The van der Waals surface area contributed by atoms with Crippen LogP contribution in [-0.4, -0.2) is 36.4 Å². The number of amides is 1. The van der Waals surface area contributed by atoms with Crippen molar-refractivity contribution in [3.8, 4) is 0 Å². The quantitative estimate of drug-likeness (QED) is 0.414. The number of nitrogens with zero attached hydrogens (tertiary/aromatic N) is 4. The monoisotopic (exact) mass is 466 g/mol. The van der Waals surface area contributed by atoms with Gasteiger partial charge >= 0.3 is 0 Å². The van der Waals surface area contributed by atoms with Crippen molar-refractivity contribution in [1.82, 2.24) is 30.0 Å². The number of aromatic amines is 1. The van der Waals surface area contributed by atoms with E-state index in [9.17, 15) is 9.59 Å². The van der Waals surface area contributed by atoms with Gasteiger partial charge in [-0.2, -0.15) is 5.10 Å². The van der Waals surface area contributed by atoms with Gasteiger partial charge in [0, 0.05) is 11.4 Å². The summed E-state index contributed by atoms with van der Waals surface area (Å²) >= 11 is 3.08. The highest BCUT2D eigenvalue weighted by Gasteiger charge is 2.21. The van der Waals surface area contributed by atoms with Gasteiger partial charge in [-0.1, -0.05) is 24.3 Å². The molecule has 1 amide bonds. The molecule has 164 valence electrons. The molecule has 0 saturated carbocycles. The Morgan fingerprint density at radius 3 is 2.97 bits per heavy atom. The second-order valence-corrected chi connectivity index (χ2v) is 9.75. The van der Waals surface area contributed by atoms with Crippen molar-refractivity contribution in [3.63, 3.8) is 0 Å². The van der Waals surface area contributed by atoms with Crippen LogP contribution >= 0.6 is 23.1 Å². The van der Waals surface area contributed by atoms with Gasteiger partial charge in [-0.05, 0) is 36.0 Å². The normalized spacial score (nSPS) is 12.9. The second-order valence-electron chi connectivity index (χ2n) is 7.68. The third-order valence-electron chi connectivity index (χ3n) is 5.49. The first-order valence-electron chi connectivity index (χ1n) is 10.4. The number of aryl methyl sites for hydroxylation is 2. The molecular weight excluding hydrogens is 444 g/mol. The molecular formula is C22H22N6O2S2. The van der Waals surface area contributed by atoms with E-state index in [2.05, 4.69) is 25.4 Å². The summed E-state index contributed by atoms with van der Waals surface area (Å²) in [4.78, 5) is 38.5. The van der Waals surface area contributed by atoms with E-state index in [1.807, 2.05) is 24.3 Å². The van der Waals surface area contributed by atoms with E-state index in [1.54, 1.807) is 22.3 Å². The number of hydrogen-bond acceptors (Lipinski definition) is 7. The molecule has 3 aromatic heterocycles. The predicted molar refractivity (Wildman–Crippen MR) is 126 cm³/mol. The van der Waals surface area contributed by atoms with Crippen molar-refractivity contribution in [2.24, 2.45) is 0 Å². The van der Waals surface area contributed by atoms with Gasteiger partial charge < -0.3 is 10.3 Å². The largest absolute Gasteiger partial charge is 0.351 e. The highest BCUT2D eigenvalue weighted by Crippen LogP contribution is 2.34. The van der Waals surface area contributed by atoms with Gasteiger partial charge in [-0.3, -0.25) is 9.59 Å². The minimum absolute atomic E-state index is 0.0518. The first-order valence-corrected chi connectivity index (χ1v) is 12.4. The molecule has 0 saturated heterocycles. The summed E-state index contributed by atoms with van der Waals surface area (Å²) in [6, 6.07) is 7.96. The van der Waals surface area contributed by atoms with Crippen LogP contribution in [-0.2, 0) is 36.5 Å². The number of thiophene rings is 1. The van der Waals surface area contributed by atoms with Crippen molar-refractivity contribution in [1.29, 1.82) is 0 Å². The number of hydrogen-bond donors (Lipinski definition) is 2. The molecule has 0 spiro atoms. The zero-order valence-corrected chi connectivity index (χ0v) is 19.0. The Morgan fingerprint density at radius 2 is 2.12 bits per heavy atom. The lowest BCUT2D eigenvalue weighted by molar-refractivity contribution is -0.118. The van der Waals surface area contributed by atoms with Crippen LogP contribution in [0.25, 0.3) is 10.2 Å². The lowest BCUT2D eigenvalue weighted by Gasteiger charge is -2.10. The Kier molecular flexibility index (Phi) is 6.04.